The second-order valence-electron chi connectivity index (χ2n) is 4.35. The molecule has 0 radical (unpaired) electrons. The summed E-state index contributed by atoms with van der Waals surface area (Å²) in [5.74, 6) is -2.26. The maximum absolute atomic E-state index is 14.0. The van der Waals surface area contributed by atoms with Crippen molar-refractivity contribution in [2.45, 2.75) is 24.5 Å². The molecule has 1 aromatic heterocycles. The van der Waals surface area contributed by atoms with Gasteiger partial charge in [-0.15, -0.1) is 11.3 Å². The van der Waals surface area contributed by atoms with Gasteiger partial charge in [0.1, 0.15) is 10.7 Å². The minimum absolute atomic E-state index is 0.544. The summed E-state index contributed by atoms with van der Waals surface area (Å²) in [5, 5.41) is 10.7. The summed E-state index contributed by atoms with van der Waals surface area (Å²) in [5.41, 5.74) is -0.665. The van der Waals surface area contributed by atoms with Gasteiger partial charge in [0, 0.05) is 4.88 Å². The third kappa shape index (κ3) is 3.29. The van der Waals surface area contributed by atoms with Crippen LogP contribution in [0.5, 0.6) is 0 Å². The van der Waals surface area contributed by atoms with Gasteiger partial charge in [-0.3, -0.25) is 0 Å². The average molecular weight is 333 g/mol. The van der Waals surface area contributed by atoms with Crippen molar-refractivity contribution >= 4 is 21.4 Å². The van der Waals surface area contributed by atoms with Gasteiger partial charge in [-0.25, -0.2) is 21.9 Å². The highest BCUT2D eigenvalue weighted by molar-refractivity contribution is 7.89. The van der Waals surface area contributed by atoms with Gasteiger partial charge in [-0.1, -0.05) is 6.07 Å². The molecule has 0 aliphatic rings. The summed E-state index contributed by atoms with van der Waals surface area (Å²) in [4.78, 5) is 0.0832. The maximum atomic E-state index is 14.0. The summed E-state index contributed by atoms with van der Waals surface area (Å²) in [6.07, 6.45) is 0. The lowest BCUT2D eigenvalue weighted by atomic mass is 10.2. The monoisotopic (exact) mass is 333 g/mol. The van der Waals surface area contributed by atoms with Gasteiger partial charge in [-0.05, 0) is 30.5 Å². The zero-order valence-corrected chi connectivity index (χ0v) is 12.6. The van der Waals surface area contributed by atoms with E-state index in [9.17, 15) is 17.2 Å². The second-order valence-corrected chi connectivity index (χ2v) is 7.02. The molecular formula is C13H13F2NO3S2. The molecule has 1 heterocycles. The van der Waals surface area contributed by atoms with Crippen molar-refractivity contribution in [2.24, 2.45) is 0 Å². The largest absolute Gasteiger partial charge is 0.391 e. The van der Waals surface area contributed by atoms with Crippen LogP contribution in [0.1, 0.15) is 23.4 Å². The molecule has 1 unspecified atom stereocenters. The molecule has 21 heavy (non-hydrogen) atoms. The average Bonchev–Trinajstić information content (AvgIpc) is 2.92. The molecule has 4 nitrogen and oxygen atoms in total. The van der Waals surface area contributed by atoms with Gasteiger partial charge >= 0.3 is 0 Å². The number of aliphatic hydroxyl groups excluding tert-OH is 1. The van der Waals surface area contributed by atoms with Gasteiger partial charge in [0.15, 0.2) is 5.82 Å². The van der Waals surface area contributed by atoms with Crippen LogP contribution in [0.25, 0.3) is 0 Å². The van der Waals surface area contributed by atoms with Crippen molar-refractivity contribution in [1.29, 1.82) is 0 Å². The molecule has 2 N–H and O–H groups in total. The van der Waals surface area contributed by atoms with Gasteiger partial charge in [0.25, 0.3) is 0 Å². The number of thiophene rings is 1. The normalized spacial score (nSPS) is 13.3. The fraction of sp³-hybridized carbons (Fsp3) is 0.231. The minimum atomic E-state index is -4.16. The van der Waals surface area contributed by atoms with Gasteiger partial charge < -0.3 is 5.11 Å². The Morgan fingerprint density at radius 2 is 2.05 bits per heavy atom. The predicted octanol–water partition coefficient (Wildman–Crippen LogP) is 2.56. The Labute approximate surface area is 125 Å². The molecule has 0 spiro atoms. The van der Waals surface area contributed by atoms with Crippen LogP contribution in [0.15, 0.2) is 34.5 Å². The lowest BCUT2D eigenvalue weighted by molar-refractivity contribution is 0.267. The van der Waals surface area contributed by atoms with E-state index in [4.69, 9.17) is 5.11 Å². The first-order chi connectivity index (χ1) is 9.86. The van der Waals surface area contributed by atoms with Crippen molar-refractivity contribution < 1.29 is 22.3 Å². The van der Waals surface area contributed by atoms with E-state index in [2.05, 4.69) is 4.72 Å². The Bertz CT molecular complexity index is 730. The van der Waals surface area contributed by atoms with Crippen molar-refractivity contribution in [1.82, 2.24) is 4.72 Å². The van der Waals surface area contributed by atoms with Crippen LogP contribution in [0.2, 0.25) is 0 Å². The van der Waals surface area contributed by atoms with Crippen LogP contribution in [-0.2, 0) is 16.6 Å². The first-order valence-electron chi connectivity index (χ1n) is 6.00. The number of benzene rings is 1. The molecule has 114 valence electrons. The molecule has 0 saturated carbocycles. The molecule has 0 saturated heterocycles. The highest BCUT2D eigenvalue weighted by Gasteiger charge is 2.25. The highest BCUT2D eigenvalue weighted by Crippen LogP contribution is 2.24. The van der Waals surface area contributed by atoms with Gasteiger partial charge in [0.2, 0.25) is 10.0 Å². The van der Waals surface area contributed by atoms with E-state index in [1.807, 2.05) is 0 Å². The third-order valence-electron chi connectivity index (χ3n) is 2.90. The Hall–Kier alpha value is -1.35. The molecular weight excluding hydrogens is 320 g/mol. The minimum Gasteiger partial charge on any atom is -0.391 e. The molecule has 1 atom stereocenters. The predicted molar refractivity (Wildman–Crippen MR) is 75.3 cm³/mol. The smallest absolute Gasteiger partial charge is 0.244 e. The standard InChI is InChI=1S/C13H13F2NO3S2/c1-8(11-3-2-6-20-11)16-21(18,19)12-5-4-10(14)9(7-17)13(12)15/h2-6,8,16-17H,7H2,1H3. The summed E-state index contributed by atoms with van der Waals surface area (Å²) < 4.78 is 54.0. The van der Waals surface area contributed by atoms with E-state index in [1.54, 1.807) is 24.4 Å². The Morgan fingerprint density at radius 1 is 1.33 bits per heavy atom. The van der Waals surface area contributed by atoms with Crippen LogP contribution in [-0.4, -0.2) is 13.5 Å². The lowest BCUT2D eigenvalue weighted by Crippen LogP contribution is -2.27. The molecule has 2 aromatic rings. The van der Waals surface area contributed by atoms with Crippen LogP contribution >= 0.6 is 11.3 Å². The van der Waals surface area contributed by atoms with E-state index in [-0.39, 0.29) is 0 Å². The number of hydrogen-bond donors (Lipinski definition) is 2. The number of nitrogens with one attached hydrogen (secondary N) is 1. The number of rotatable bonds is 5. The first kappa shape index (κ1) is 16.0. The summed E-state index contributed by atoms with van der Waals surface area (Å²) >= 11 is 1.36. The van der Waals surface area contributed by atoms with Crippen molar-refractivity contribution in [2.75, 3.05) is 0 Å². The number of aliphatic hydroxyl groups is 1. The highest BCUT2D eigenvalue weighted by atomic mass is 32.2. The quantitative estimate of drug-likeness (QED) is 0.884. The van der Waals surface area contributed by atoms with Crippen LogP contribution in [0.3, 0.4) is 0 Å². The number of sulfonamides is 1. The zero-order valence-electron chi connectivity index (χ0n) is 11.0. The number of hydrogen-bond acceptors (Lipinski definition) is 4. The SMILES string of the molecule is CC(NS(=O)(=O)c1ccc(F)c(CO)c1F)c1cccs1. The summed E-state index contributed by atoms with van der Waals surface area (Å²) in [6, 6.07) is 4.63. The topological polar surface area (TPSA) is 66.4 Å². The third-order valence-corrected chi connectivity index (χ3v) is 5.51. The Balaban J connectivity index is 2.36. The van der Waals surface area contributed by atoms with E-state index >= 15 is 0 Å². The zero-order chi connectivity index (χ0) is 15.6. The van der Waals surface area contributed by atoms with Gasteiger partial charge in [-0.2, -0.15) is 0 Å². The Kier molecular flexibility index (Phi) is 4.72. The van der Waals surface area contributed by atoms with Crippen molar-refractivity contribution in [3.8, 4) is 0 Å². The molecule has 1 aromatic carbocycles. The van der Waals surface area contributed by atoms with Crippen LogP contribution in [0.4, 0.5) is 8.78 Å². The molecule has 0 aliphatic carbocycles. The maximum Gasteiger partial charge on any atom is 0.244 e. The van der Waals surface area contributed by atoms with E-state index in [0.29, 0.717) is 0 Å². The molecule has 8 heteroatoms. The Morgan fingerprint density at radius 3 is 2.62 bits per heavy atom. The molecule has 0 fully saturated rings. The molecule has 0 amide bonds. The van der Waals surface area contributed by atoms with Crippen LogP contribution < -0.4 is 4.72 Å². The molecule has 2 rings (SSSR count). The van der Waals surface area contributed by atoms with Gasteiger partial charge in [0.05, 0.1) is 18.2 Å². The summed E-state index contributed by atoms with van der Waals surface area (Å²) in [6.45, 7) is 0.708. The van der Waals surface area contributed by atoms with Crippen LogP contribution in [0, 0.1) is 11.6 Å². The van der Waals surface area contributed by atoms with E-state index < -0.39 is 44.8 Å². The summed E-state index contributed by atoms with van der Waals surface area (Å²) in [7, 11) is -4.16. The van der Waals surface area contributed by atoms with E-state index in [0.717, 1.165) is 17.0 Å². The van der Waals surface area contributed by atoms with Crippen molar-refractivity contribution in [3.05, 3.63) is 51.7 Å². The fourth-order valence-electron chi connectivity index (χ4n) is 1.82. The van der Waals surface area contributed by atoms with Crippen molar-refractivity contribution in [3.63, 3.8) is 0 Å². The van der Waals surface area contributed by atoms with E-state index in [1.165, 1.54) is 11.3 Å². The fourth-order valence-corrected chi connectivity index (χ4v) is 3.96. The molecule has 0 bridgehead atoms. The second kappa shape index (κ2) is 6.18. The molecule has 0 aliphatic heterocycles. The first-order valence-corrected chi connectivity index (χ1v) is 8.36. The number of halogens is 2. The lowest BCUT2D eigenvalue weighted by Gasteiger charge is -2.14.